The van der Waals surface area contributed by atoms with Crippen molar-refractivity contribution < 1.29 is 9.90 Å². The first-order chi connectivity index (χ1) is 9.16. The fourth-order valence-electron chi connectivity index (χ4n) is 2.13. The summed E-state index contributed by atoms with van der Waals surface area (Å²) >= 11 is 0. The lowest BCUT2D eigenvalue weighted by atomic mass is 10.0. The summed E-state index contributed by atoms with van der Waals surface area (Å²) in [6.07, 6.45) is 2.71. The van der Waals surface area contributed by atoms with Crippen molar-refractivity contribution in [3.05, 3.63) is 65.2 Å². The second-order valence-electron chi connectivity index (χ2n) is 4.74. The normalized spacial score (nSPS) is 10.4. The molecule has 0 bridgehead atoms. The zero-order valence-electron chi connectivity index (χ0n) is 11.1. The number of carbonyl (C=O) groups is 1. The van der Waals surface area contributed by atoms with Crippen molar-refractivity contribution in [2.75, 3.05) is 0 Å². The van der Waals surface area contributed by atoms with Crippen molar-refractivity contribution in [3.63, 3.8) is 0 Å². The number of benzene rings is 2. The molecule has 2 aromatic carbocycles. The molecule has 0 aromatic heterocycles. The van der Waals surface area contributed by atoms with Crippen LogP contribution in [0, 0.1) is 0 Å². The highest BCUT2D eigenvalue weighted by Gasteiger charge is 2.06. The van der Waals surface area contributed by atoms with Crippen LogP contribution in [0.15, 0.2) is 48.5 Å². The van der Waals surface area contributed by atoms with E-state index in [1.807, 2.05) is 18.2 Å². The smallest absolute Gasteiger partial charge is 0.159 e. The number of rotatable bonds is 5. The van der Waals surface area contributed by atoms with Crippen LogP contribution in [0.4, 0.5) is 0 Å². The largest absolute Gasteiger partial charge is 0.508 e. The summed E-state index contributed by atoms with van der Waals surface area (Å²) in [6.45, 7) is 1.54. The predicted molar refractivity (Wildman–Crippen MR) is 76.6 cm³/mol. The number of Topliss-reactive ketones (excluding diaryl/α,β-unsaturated/α-hetero) is 1. The molecular weight excluding hydrogens is 236 g/mol. The Morgan fingerprint density at radius 2 is 1.79 bits per heavy atom. The van der Waals surface area contributed by atoms with E-state index < -0.39 is 0 Å². The minimum Gasteiger partial charge on any atom is -0.508 e. The number of phenols is 1. The van der Waals surface area contributed by atoms with Gasteiger partial charge in [0.2, 0.25) is 0 Å². The maximum atomic E-state index is 11.3. The third-order valence-corrected chi connectivity index (χ3v) is 3.24. The van der Waals surface area contributed by atoms with Gasteiger partial charge in [0.1, 0.15) is 5.75 Å². The molecule has 98 valence electrons. The Kier molecular flexibility index (Phi) is 4.35. The third-order valence-electron chi connectivity index (χ3n) is 3.24. The molecule has 2 aromatic rings. The van der Waals surface area contributed by atoms with Gasteiger partial charge in [-0.1, -0.05) is 30.3 Å². The molecule has 0 fully saturated rings. The van der Waals surface area contributed by atoms with Gasteiger partial charge in [0.15, 0.2) is 5.78 Å². The molecule has 2 heteroatoms. The van der Waals surface area contributed by atoms with Crippen molar-refractivity contribution in [3.8, 4) is 5.75 Å². The molecule has 1 N–H and O–H groups in total. The monoisotopic (exact) mass is 254 g/mol. The molecule has 0 amide bonds. The standard InChI is InChI=1S/C17H18O2/c1-13(18)15-10-11-17(19)16(12-15)9-5-8-14-6-3-2-4-7-14/h2-4,6-7,10-12,19H,5,8-9H2,1H3. The molecular formula is C17H18O2. The highest BCUT2D eigenvalue weighted by atomic mass is 16.3. The van der Waals surface area contributed by atoms with Crippen LogP contribution in [-0.2, 0) is 12.8 Å². The van der Waals surface area contributed by atoms with Crippen LogP contribution in [-0.4, -0.2) is 10.9 Å². The topological polar surface area (TPSA) is 37.3 Å². The Balaban J connectivity index is 1.99. The molecule has 0 saturated heterocycles. The van der Waals surface area contributed by atoms with Gasteiger partial charge in [-0.25, -0.2) is 0 Å². The van der Waals surface area contributed by atoms with E-state index in [9.17, 15) is 9.90 Å². The van der Waals surface area contributed by atoms with Crippen LogP contribution in [0.25, 0.3) is 0 Å². The number of aryl methyl sites for hydroxylation is 2. The lowest BCUT2D eigenvalue weighted by molar-refractivity contribution is 0.101. The van der Waals surface area contributed by atoms with Gasteiger partial charge in [0.05, 0.1) is 0 Å². The summed E-state index contributed by atoms with van der Waals surface area (Å²) in [5.74, 6) is 0.308. The van der Waals surface area contributed by atoms with E-state index in [1.165, 1.54) is 5.56 Å². The van der Waals surface area contributed by atoms with Gasteiger partial charge in [-0.15, -0.1) is 0 Å². The van der Waals surface area contributed by atoms with E-state index in [-0.39, 0.29) is 11.5 Å². The minimum absolute atomic E-state index is 0.0318. The zero-order valence-corrected chi connectivity index (χ0v) is 11.1. The van der Waals surface area contributed by atoms with Crippen LogP contribution < -0.4 is 0 Å². The summed E-state index contributed by atoms with van der Waals surface area (Å²) in [6, 6.07) is 15.3. The Hall–Kier alpha value is -2.09. The molecule has 0 aliphatic carbocycles. The summed E-state index contributed by atoms with van der Waals surface area (Å²) < 4.78 is 0. The Bertz CT molecular complexity index is 559. The molecule has 0 spiro atoms. The number of carbonyl (C=O) groups excluding carboxylic acids is 1. The molecule has 19 heavy (non-hydrogen) atoms. The molecule has 0 atom stereocenters. The van der Waals surface area contributed by atoms with Crippen molar-refractivity contribution in [2.45, 2.75) is 26.2 Å². The van der Waals surface area contributed by atoms with Crippen LogP contribution in [0.1, 0.15) is 34.8 Å². The lowest BCUT2D eigenvalue weighted by Gasteiger charge is -2.06. The average Bonchev–Trinajstić information content (AvgIpc) is 2.42. The second-order valence-corrected chi connectivity index (χ2v) is 4.74. The zero-order chi connectivity index (χ0) is 13.7. The molecule has 0 aliphatic heterocycles. The molecule has 0 saturated carbocycles. The maximum absolute atomic E-state index is 11.3. The van der Waals surface area contributed by atoms with Crippen molar-refractivity contribution in [1.82, 2.24) is 0 Å². The van der Waals surface area contributed by atoms with E-state index in [0.29, 0.717) is 5.56 Å². The Morgan fingerprint density at radius 1 is 1.05 bits per heavy atom. The number of ketones is 1. The van der Waals surface area contributed by atoms with E-state index in [0.717, 1.165) is 24.8 Å². The lowest BCUT2D eigenvalue weighted by Crippen LogP contribution is -1.96. The van der Waals surface area contributed by atoms with Gasteiger partial charge < -0.3 is 5.11 Å². The fourth-order valence-corrected chi connectivity index (χ4v) is 2.13. The second kappa shape index (κ2) is 6.19. The summed E-state index contributed by atoms with van der Waals surface area (Å²) in [5, 5.41) is 9.80. The van der Waals surface area contributed by atoms with Crippen LogP contribution >= 0.6 is 0 Å². The summed E-state index contributed by atoms with van der Waals surface area (Å²) in [7, 11) is 0. The molecule has 0 unspecified atom stereocenters. The summed E-state index contributed by atoms with van der Waals surface area (Å²) in [4.78, 5) is 11.3. The fraction of sp³-hybridized carbons (Fsp3) is 0.235. The van der Waals surface area contributed by atoms with E-state index in [2.05, 4.69) is 12.1 Å². The van der Waals surface area contributed by atoms with Gasteiger partial charge in [-0.2, -0.15) is 0 Å². The van der Waals surface area contributed by atoms with Crippen molar-refractivity contribution in [1.29, 1.82) is 0 Å². The molecule has 2 nitrogen and oxygen atoms in total. The van der Waals surface area contributed by atoms with Gasteiger partial charge in [-0.05, 0) is 55.5 Å². The first-order valence-corrected chi connectivity index (χ1v) is 6.53. The number of aromatic hydroxyl groups is 1. The molecule has 0 radical (unpaired) electrons. The van der Waals surface area contributed by atoms with E-state index >= 15 is 0 Å². The van der Waals surface area contributed by atoms with E-state index in [4.69, 9.17) is 0 Å². The van der Waals surface area contributed by atoms with Gasteiger partial charge in [0, 0.05) is 5.56 Å². The van der Waals surface area contributed by atoms with Gasteiger partial charge in [-0.3, -0.25) is 4.79 Å². The third kappa shape index (κ3) is 3.68. The Morgan fingerprint density at radius 3 is 2.47 bits per heavy atom. The highest BCUT2D eigenvalue weighted by Crippen LogP contribution is 2.21. The first kappa shape index (κ1) is 13.3. The first-order valence-electron chi connectivity index (χ1n) is 6.53. The quantitative estimate of drug-likeness (QED) is 0.825. The SMILES string of the molecule is CC(=O)c1ccc(O)c(CCCc2ccccc2)c1. The van der Waals surface area contributed by atoms with Crippen LogP contribution in [0.3, 0.4) is 0 Å². The molecule has 2 rings (SSSR count). The number of hydrogen-bond donors (Lipinski definition) is 1. The Labute approximate surface area is 113 Å². The highest BCUT2D eigenvalue weighted by molar-refractivity contribution is 5.94. The van der Waals surface area contributed by atoms with Crippen LogP contribution in [0.5, 0.6) is 5.75 Å². The molecule has 0 heterocycles. The number of phenolic OH excluding ortho intramolecular Hbond substituents is 1. The maximum Gasteiger partial charge on any atom is 0.159 e. The van der Waals surface area contributed by atoms with Gasteiger partial charge >= 0.3 is 0 Å². The minimum atomic E-state index is 0.0318. The number of hydrogen-bond acceptors (Lipinski definition) is 2. The average molecular weight is 254 g/mol. The molecule has 0 aliphatic rings. The van der Waals surface area contributed by atoms with E-state index in [1.54, 1.807) is 25.1 Å². The summed E-state index contributed by atoms with van der Waals surface area (Å²) in [5.41, 5.74) is 2.81. The predicted octanol–water partition coefficient (Wildman–Crippen LogP) is 3.77. The van der Waals surface area contributed by atoms with Gasteiger partial charge in [0.25, 0.3) is 0 Å². The van der Waals surface area contributed by atoms with Crippen LogP contribution in [0.2, 0.25) is 0 Å². The van der Waals surface area contributed by atoms with Crippen molar-refractivity contribution >= 4 is 5.78 Å². The van der Waals surface area contributed by atoms with Crippen molar-refractivity contribution in [2.24, 2.45) is 0 Å².